The molecule has 0 aromatic rings. The molecule has 0 radical (unpaired) electrons. The topological polar surface area (TPSA) is 47.9 Å². The molecule has 0 aromatic carbocycles. The molecular weight excluding hydrogens is 208 g/mol. The number of hydrogen-bond donors (Lipinski definition) is 1. The summed E-state index contributed by atoms with van der Waals surface area (Å²) in [6, 6.07) is 0. The van der Waals surface area contributed by atoms with Crippen molar-refractivity contribution in [1.82, 2.24) is 0 Å². The van der Waals surface area contributed by atoms with Crippen molar-refractivity contribution in [3.8, 4) is 0 Å². The molecule has 16 heavy (non-hydrogen) atoms. The highest BCUT2D eigenvalue weighted by Crippen LogP contribution is 2.13. The Morgan fingerprint density at radius 3 is 2.62 bits per heavy atom. The Hall–Kier alpha value is -0.160. The summed E-state index contributed by atoms with van der Waals surface area (Å²) < 4.78 is 16.4. The summed E-state index contributed by atoms with van der Waals surface area (Å²) in [5.74, 6) is 0. The van der Waals surface area contributed by atoms with Crippen LogP contribution in [0.4, 0.5) is 0 Å². The van der Waals surface area contributed by atoms with E-state index in [2.05, 4.69) is 0 Å². The van der Waals surface area contributed by atoms with E-state index in [1.54, 1.807) is 0 Å². The van der Waals surface area contributed by atoms with E-state index in [9.17, 15) is 0 Å². The van der Waals surface area contributed by atoms with Crippen molar-refractivity contribution in [3.63, 3.8) is 0 Å². The maximum atomic E-state index is 8.54. The van der Waals surface area contributed by atoms with Gasteiger partial charge in [0.2, 0.25) is 0 Å². The summed E-state index contributed by atoms with van der Waals surface area (Å²) in [5, 5.41) is 8.54. The van der Waals surface area contributed by atoms with E-state index in [4.69, 9.17) is 19.3 Å². The molecule has 1 heterocycles. The molecule has 0 aliphatic carbocycles. The molecule has 0 bridgehead atoms. The second-order valence-electron chi connectivity index (χ2n) is 4.06. The molecule has 1 rings (SSSR count). The zero-order valence-electron chi connectivity index (χ0n) is 10.0. The number of aliphatic hydroxyl groups is 1. The van der Waals surface area contributed by atoms with Gasteiger partial charge in [-0.25, -0.2) is 0 Å². The minimum absolute atomic E-state index is 0.0315. The van der Waals surface area contributed by atoms with Crippen molar-refractivity contribution in [3.05, 3.63) is 0 Å². The van der Waals surface area contributed by atoms with Gasteiger partial charge in [-0.3, -0.25) is 0 Å². The normalized spacial score (nSPS) is 21.2. The lowest BCUT2D eigenvalue weighted by Crippen LogP contribution is -2.22. The third kappa shape index (κ3) is 7.17. The van der Waals surface area contributed by atoms with Crippen molar-refractivity contribution in [2.24, 2.45) is 0 Å². The molecule has 1 aliphatic rings. The summed E-state index contributed by atoms with van der Waals surface area (Å²) >= 11 is 0. The van der Waals surface area contributed by atoms with Crippen LogP contribution in [0.5, 0.6) is 0 Å². The van der Waals surface area contributed by atoms with Gasteiger partial charge in [-0.1, -0.05) is 0 Å². The molecule has 1 aliphatic heterocycles. The fourth-order valence-electron chi connectivity index (χ4n) is 1.63. The molecule has 4 heteroatoms. The first-order valence-electron chi connectivity index (χ1n) is 6.35. The number of hydrogen-bond acceptors (Lipinski definition) is 4. The van der Waals surface area contributed by atoms with Crippen molar-refractivity contribution < 1.29 is 19.3 Å². The van der Waals surface area contributed by atoms with Crippen LogP contribution in [0.25, 0.3) is 0 Å². The molecular formula is C12H24O4. The van der Waals surface area contributed by atoms with Crippen LogP contribution in [0.2, 0.25) is 0 Å². The van der Waals surface area contributed by atoms with Crippen molar-refractivity contribution >= 4 is 0 Å². The van der Waals surface area contributed by atoms with E-state index >= 15 is 0 Å². The quantitative estimate of drug-likeness (QED) is 0.615. The standard InChI is InChI=1S/C12H24O4/c13-7-5-9-14-8-3-4-11-16-12-6-1-2-10-15-12/h12-13H,1-11H2. The Morgan fingerprint density at radius 1 is 1.06 bits per heavy atom. The first-order valence-corrected chi connectivity index (χ1v) is 6.35. The highest BCUT2D eigenvalue weighted by molar-refractivity contribution is 4.54. The minimum Gasteiger partial charge on any atom is -0.396 e. The average molecular weight is 232 g/mol. The molecule has 1 unspecified atom stereocenters. The van der Waals surface area contributed by atoms with Gasteiger partial charge < -0.3 is 19.3 Å². The number of aliphatic hydroxyl groups excluding tert-OH is 1. The summed E-state index contributed by atoms with van der Waals surface area (Å²) in [6.45, 7) is 3.23. The summed E-state index contributed by atoms with van der Waals surface area (Å²) in [7, 11) is 0. The molecule has 0 aromatic heterocycles. The van der Waals surface area contributed by atoms with Crippen LogP contribution in [0.3, 0.4) is 0 Å². The van der Waals surface area contributed by atoms with Gasteiger partial charge in [0.25, 0.3) is 0 Å². The number of ether oxygens (including phenoxy) is 3. The van der Waals surface area contributed by atoms with Gasteiger partial charge in [-0.05, 0) is 38.5 Å². The van der Waals surface area contributed by atoms with E-state index in [1.165, 1.54) is 12.8 Å². The molecule has 4 nitrogen and oxygen atoms in total. The van der Waals surface area contributed by atoms with E-state index in [1.807, 2.05) is 0 Å². The van der Waals surface area contributed by atoms with Crippen LogP contribution < -0.4 is 0 Å². The van der Waals surface area contributed by atoms with Gasteiger partial charge in [-0.15, -0.1) is 0 Å². The first-order chi connectivity index (χ1) is 7.93. The Balaban J connectivity index is 1.77. The molecule has 0 saturated carbocycles. The molecule has 1 atom stereocenters. The van der Waals surface area contributed by atoms with Crippen LogP contribution in [-0.4, -0.2) is 44.4 Å². The second-order valence-corrected chi connectivity index (χ2v) is 4.06. The van der Waals surface area contributed by atoms with E-state index in [0.717, 1.165) is 45.5 Å². The second kappa shape index (κ2) is 10.0. The fraction of sp³-hybridized carbons (Fsp3) is 1.00. The predicted octanol–water partition coefficient (Wildman–Crippen LogP) is 1.71. The SMILES string of the molecule is OCCCOCCCCOC1CCCCO1. The monoisotopic (exact) mass is 232 g/mol. The molecule has 0 spiro atoms. The zero-order chi connectivity index (χ0) is 11.5. The van der Waals surface area contributed by atoms with Gasteiger partial charge in [0.1, 0.15) is 0 Å². The average Bonchev–Trinajstić information content (AvgIpc) is 2.34. The maximum Gasteiger partial charge on any atom is 0.157 e. The lowest BCUT2D eigenvalue weighted by Gasteiger charge is -2.22. The third-order valence-corrected chi connectivity index (χ3v) is 2.57. The summed E-state index contributed by atoms with van der Waals surface area (Å²) in [5.41, 5.74) is 0. The van der Waals surface area contributed by atoms with Crippen LogP contribution in [-0.2, 0) is 14.2 Å². The van der Waals surface area contributed by atoms with E-state index in [-0.39, 0.29) is 12.9 Å². The predicted molar refractivity (Wildman–Crippen MR) is 61.3 cm³/mol. The van der Waals surface area contributed by atoms with Crippen LogP contribution in [0, 0.1) is 0 Å². The van der Waals surface area contributed by atoms with Gasteiger partial charge in [0.05, 0.1) is 0 Å². The maximum absolute atomic E-state index is 8.54. The van der Waals surface area contributed by atoms with Crippen molar-refractivity contribution in [1.29, 1.82) is 0 Å². The molecule has 1 fully saturated rings. The smallest absolute Gasteiger partial charge is 0.157 e. The number of unbranched alkanes of at least 4 members (excludes halogenated alkanes) is 1. The minimum atomic E-state index is 0.0315. The Kier molecular flexibility index (Phi) is 8.71. The molecule has 0 amide bonds. The molecule has 96 valence electrons. The van der Waals surface area contributed by atoms with E-state index < -0.39 is 0 Å². The Labute approximate surface area is 97.9 Å². The van der Waals surface area contributed by atoms with Crippen molar-refractivity contribution in [2.45, 2.75) is 44.8 Å². The van der Waals surface area contributed by atoms with E-state index in [0.29, 0.717) is 6.61 Å². The van der Waals surface area contributed by atoms with Gasteiger partial charge in [0.15, 0.2) is 6.29 Å². The Bertz CT molecular complexity index is 146. The number of rotatable bonds is 9. The zero-order valence-corrected chi connectivity index (χ0v) is 10.0. The third-order valence-electron chi connectivity index (χ3n) is 2.57. The van der Waals surface area contributed by atoms with Crippen molar-refractivity contribution in [2.75, 3.05) is 33.0 Å². The lowest BCUT2D eigenvalue weighted by atomic mass is 10.2. The largest absolute Gasteiger partial charge is 0.396 e. The lowest BCUT2D eigenvalue weighted by molar-refractivity contribution is -0.163. The summed E-state index contributed by atoms with van der Waals surface area (Å²) in [4.78, 5) is 0. The van der Waals surface area contributed by atoms with Crippen LogP contribution in [0.1, 0.15) is 38.5 Å². The van der Waals surface area contributed by atoms with Crippen LogP contribution >= 0.6 is 0 Å². The van der Waals surface area contributed by atoms with Gasteiger partial charge in [0, 0.05) is 33.0 Å². The van der Waals surface area contributed by atoms with Gasteiger partial charge >= 0.3 is 0 Å². The molecule has 1 N–H and O–H groups in total. The summed E-state index contributed by atoms with van der Waals surface area (Å²) in [6.07, 6.45) is 6.20. The first kappa shape index (κ1) is 13.9. The fourth-order valence-corrected chi connectivity index (χ4v) is 1.63. The van der Waals surface area contributed by atoms with Crippen LogP contribution in [0.15, 0.2) is 0 Å². The highest BCUT2D eigenvalue weighted by Gasteiger charge is 2.13. The van der Waals surface area contributed by atoms with Gasteiger partial charge in [-0.2, -0.15) is 0 Å². The highest BCUT2D eigenvalue weighted by atomic mass is 16.7. The Morgan fingerprint density at radius 2 is 1.88 bits per heavy atom. The molecule has 1 saturated heterocycles.